The number of benzene rings is 1. The lowest BCUT2D eigenvalue weighted by Crippen LogP contribution is -2.06. The zero-order valence-corrected chi connectivity index (χ0v) is 10.1. The second-order valence-corrected chi connectivity index (χ2v) is 4.35. The maximum atomic E-state index is 12.8. The minimum atomic E-state index is -4.44. The molecule has 0 spiro atoms. The number of halogens is 5. The Hall–Kier alpha value is -1.00. The SMILES string of the molecule is Cc1cc2c(C(F)(F)F)ccc(Cl)c2nc1Cl. The van der Waals surface area contributed by atoms with E-state index < -0.39 is 11.7 Å². The number of aromatic nitrogens is 1. The molecule has 0 atom stereocenters. The molecule has 0 aliphatic heterocycles. The number of rotatable bonds is 0. The molecule has 17 heavy (non-hydrogen) atoms. The molecule has 1 heterocycles. The first-order valence-corrected chi connectivity index (χ1v) is 5.39. The summed E-state index contributed by atoms with van der Waals surface area (Å²) in [7, 11) is 0. The van der Waals surface area contributed by atoms with E-state index in [2.05, 4.69) is 4.98 Å². The quantitative estimate of drug-likeness (QED) is 0.627. The lowest BCUT2D eigenvalue weighted by Gasteiger charge is -2.12. The van der Waals surface area contributed by atoms with Crippen LogP contribution in [0.5, 0.6) is 0 Å². The summed E-state index contributed by atoms with van der Waals surface area (Å²) in [5.41, 5.74) is -0.215. The summed E-state index contributed by atoms with van der Waals surface area (Å²) >= 11 is 11.6. The number of pyridine rings is 1. The average molecular weight is 280 g/mol. The number of hydrogen-bond acceptors (Lipinski definition) is 1. The number of alkyl halides is 3. The molecule has 0 fully saturated rings. The van der Waals surface area contributed by atoms with Crippen LogP contribution >= 0.6 is 23.2 Å². The highest BCUT2D eigenvalue weighted by molar-refractivity contribution is 6.36. The normalized spacial score (nSPS) is 12.1. The molecule has 0 saturated carbocycles. The van der Waals surface area contributed by atoms with Crippen LogP contribution in [-0.4, -0.2) is 4.98 Å². The van der Waals surface area contributed by atoms with Gasteiger partial charge in [0.2, 0.25) is 0 Å². The standard InChI is InChI=1S/C11H6Cl2F3N/c1-5-4-6-7(11(14,15)16)2-3-8(12)9(6)17-10(5)13/h2-4H,1H3. The van der Waals surface area contributed by atoms with Crippen molar-refractivity contribution in [1.82, 2.24) is 4.98 Å². The molecular weight excluding hydrogens is 274 g/mol. The van der Waals surface area contributed by atoms with E-state index in [0.717, 1.165) is 6.07 Å². The van der Waals surface area contributed by atoms with Crippen molar-refractivity contribution >= 4 is 34.1 Å². The summed E-state index contributed by atoms with van der Waals surface area (Å²) in [4.78, 5) is 3.88. The van der Waals surface area contributed by atoms with Crippen LogP contribution in [0.2, 0.25) is 10.2 Å². The highest BCUT2D eigenvalue weighted by Gasteiger charge is 2.33. The molecule has 0 N–H and O–H groups in total. The van der Waals surface area contributed by atoms with Crippen molar-refractivity contribution in [2.24, 2.45) is 0 Å². The third-order valence-electron chi connectivity index (χ3n) is 2.37. The third-order valence-corrected chi connectivity index (χ3v) is 3.06. The summed E-state index contributed by atoms with van der Waals surface area (Å²) in [6.07, 6.45) is -4.44. The van der Waals surface area contributed by atoms with Gasteiger partial charge in [0.1, 0.15) is 5.15 Å². The van der Waals surface area contributed by atoms with Gasteiger partial charge < -0.3 is 0 Å². The lowest BCUT2D eigenvalue weighted by atomic mass is 10.1. The monoisotopic (exact) mass is 279 g/mol. The van der Waals surface area contributed by atoms with E-state index in [1.54, 1.807) is 6.92 Å². The summed E-state index contributed by atoms with van der Waals surface area (Å²) in [5.74, 6) is 0. The minimum absolute atomic E-state index is 0.0353. The van der Waals surface area contributed by atoms with Crippen LogP contribution in [0.4, 0.5) is 13.2 Å². The molecule has 1 aromatic heterocycles. The number of fused-ring (bicyclic) bond motifs is 1. The van der Waals surface area contributed by atoms with E-state index in [0.29, 0.717) is 5.56 Å². The van der Waals surface area contributed by atoms with Crippen molar-refractivity contribution in [3.05, 3.63) is 39.5 Å². The summed E-state index contributed by atoms with van der Waals surface area (Å²) in [5, 5.41) is 0.264. The van der Waals surface area contributed by atoms with Gasteiger partial charge in [-0.05, 0) is 30.7 Å². The van der Waals surface area contributed by atoms with Gasteiger partial charge in [-0.25, -0.2) is 4.98 Å². The van der Waals surface area contributed by atoms with Gasteiger partial charge in [-0.1, -0.05) is 23.2 Å². The predicted octanol–water partition coefficient (Wildman–Crippen LogP) is 4.87. The summed E-state index contributed by atoms with van der Waals surface area (Å²) < 4.78 is 38.3. The lowest BCUT2D eigenvalue weighted by molar-refractivity contribution is -0.136. The Labute approximate surface area is 105 Å². The molecule has 0 saturated heterocycles. The van der Waals surface area contributed by atoms with Crippen LogP contribution in [0.1, 0.15) is 11.1 Å². The molecule has 2 rings (SSSR count). The van der Waals surface area contributed by atoms with Crippen molar-refractivity contribution in [3.63, 3.8) is 0 Å². The van der Waals surface area contributed by atoms with Crippen LogP contribution in [0.15, 0.2) is 18.2 Å². The number of hydrogen-bond donors (Lipinski definition) is 0. The minimum Gasteiger partial charge on any atom is -0.234 e. The average Bonchev–Trinajstić information content (AvgIpc) is 2.19. The van der Waals surface area contributed by atoms with Gasteiger partial charge in [0.15, 0.2) is 0 Å². The molecule has 0 radical (unpaired) electrons. The second kappa shape index (κ2) is 4.03. The topological polar surface area (TPSA) is 12.9 Å². The van der Waals surface area contributed by atoms with Crippen molar-refractivity contribution in [2.45, 2.75) is 13.1 Å². The van der Waals surface area contributed by atoms with E-state index in [-0.39, 0.29) is 21.1 Å². The van der Waals surface area contributed by atoms with Crippen LogP contribution in [0, 0.1) is 6.92 Å². The van der Waals surface area contributed by atoms with Crippen LogP contribution in [0.3, 0.4) is 0 Å². The number of aryl methyl sites for hydroxylation is 1. The summed E-state index contributed by atoms with van der Waals surface area (Å²) in [6, 6.07) is 3.46. The second-order valence-electron chi connectivity index (χ2n) is 3.58. The Bertz CT molecular complexity index is 593. The van der Waals surface area contributed by atoms with Gasteiger partial charge in [0.25, 0.3) is 0 Å². The molecule has 2 aromatic rings. The Kier molecular flexibility index (Phi) is 2.96. The van der Waals surface area contributed by atoms with E-state index >= 15 is 0 Å². The van der Waals surface area contributed by atoms with Gasteiger partial charge in [-0.2, -0.15) is 13.2 Å². The van der Waals surface area contributed by atoms with Crippen LogP contribution in [-0.2, 0) is 6.18 Å². The molecule has 6 heteroatoms. The van der Waals surface area contributed by atoms with Gasteiger partial charge in [0, 0.05) is 5.39 Å². The first kappa shape index (κ1) is 12.5. The van der Waals surface area contributed by atoms with Crippen molar-refractivity contribution < 1.29 is 13.2 Å². The highest BCUT2D eigenvalue weighted by atomic mass is 35.5. The van der Waals surface area contributed by atoms with Gasteiger partial charge in [-0.3, -0.25) is 0 Å². The maximum Gasteiger partial charge on any atom is 0.417 e. The Balaban J connectivity index is 2.90. The van der Waals surface area contributed by atoms with Gasteiger partial charge in [-0.15, -0.1) is 0 Å². The molecule has 0 bridgehead atoms. The van der Waals surface area contributed by atoms with Gasteiger partial charge in [0.05, 0.1) is 16.1 Å². The van der Waals surface area contributed by atoms with E-state index in [1.165, 1.54) is 12.1 Å². The first-order valence-electron chi connectivity index (χ1n) is 4.63. The molecule has 0 aliphatic carbocycles. The highest BCUT2D eigenvalue weighted by Crippen LogP contribution is 2.37. The molecule has 0 amide bonds. The molecular formula is C11H6Cl2F3N. The largest absolute Gasteiger partial charge is 0.417 e. The number of nitrogens with zero attached hydrogens (tertiary/aromatic N) is 1. The van der Waals surface area contributed by atoms with E-state index in [1.807, 2.05) is 0 Å². The first-order chi connectivity index (χ1) is 7.80. The Morgan fingerprint density at radius 2 is 1.82 bits per heavy atom. The van der Waals surface area contributed by atoms with Crippen LogP contribution < -0.4 is 0 Å². The Morgan fingerprint density at radius 1 is 1.18 bits per heavy atom. The zero-order chi connectivity index (χ0) is 12.8. The van der Waals surface area contributed by atoms with Crippen molar-refractivity contribution in [1.29, 1.82) is 0 Å². The third kappa shape index (κ3) is 2.19. The molecule has 0 unspecified atom stereocenters. The van der Waals surface area contributed by atoms with Crippen molar-refractivity contribution in [3.8, 4) is 0 Å². The van der Waals surface area contributed by atoms with E-state index in [4.69, 9.17) is 23.2 Å². The fourth-order valence-corrected chi connectivity index (χ4v) is 1.90. The zero-order valence-electron chi connectivity index (χ0n) is 8.57. The maximum absolute atomic E-state index is 12.8. The molecule has 0 aliphatic rings. The van der Waals surface area contributed by atoms with E-state index in [9.17, 15) is 13.2 Å². The molecule has 1 aromatic carbocycles. The predicted molar refractivity (Wildman–Crippen MR) is 61.5 cm³/mol. The summed E-state index contributed by atoms with van der Waals surface area (Å²) in [6.45, 7) is 1.59. The fourth-order valence-electron chi connectivity index (χ4n) is 1.55. The van der Waals surface area contributed by atoms with Crippen molar-refractivity contribution in [2.75, 3.05) is 0 Å². The Morgan fingerprint density at radius 3 is 2.41 bits per heavy atom. The fraction of sp³-hybridized carbons (Fsp3) is 0.182. The molecule has 90 valence electrons. The molecule has 1 nitrogen and oxygen atoms in total. The smallest absolute Gasteiger partial charge is 0.234 e. The van der Waals surface area contributed by atoms with Gasteiger partial charge >= 0.3 is 6.18 Å². The van der Waals surface area contributed by atoms with Crippen LogP contribution in [0.25, 0.3) is 10.9 Å².